The van der Waals surface area contributed by atoms with Crippen molar-refractivity contribution in [3.63, 3.8) is 0 Å². The molecule has 0 aliphatic heterocycles. The van der Waals surface area contributed by atoms with E-state index >= 15 is 0 Å². The highest BCUT2D eigenvalue weighted by Gasteiger charge is 2.18. The van der Waals surface area contributed by atoms with E-state index in [1.54, 1.807) is 4.68 Å². The molecule has 78 valence electrons. The summed E-state index contributed by atoms with van der Waals surface area (Å²) in [6, 6.07) is 0. The van der Waals surface area contributed by atoms with Gasteiger partial charge in [0.15, 0.2) is 5.69 Å². The first kappa shape index (κ1) is 10.7. The van der Waals surface area contributed by atoms with Crippen LogP contribution in [-0.4, -0.2) is 28.1 Å². The smallest absolute Gasteiger partial charge is 0.360 e. The molecule has 1 heterocycles. The number of aryl methyl sites for hydroxylation is 1. The molecule has 0 aliphatic carbocycles. The molecule has 14 heavy (non-hydrogen) atoms. The number of carbonyl (C=O) groups excluding carboxylic acids is 1. The number of methoxy groups -OCH3 is 1. The van der Waals surface area contributed by atoms with Crippen molar-refractivity contribution >= 4 is 5.97 Å². The Balaban J connectivity index is 3.03. The molecule has 1 aromatic rings. The molecule has 0 bridgehead atoms. The second-order valence-electron chi connectivity index (χ2n) is 2.94. The molecule has 1 aromatic heterocycles. The maximum absolute atomic E-state index is 11.3. The summed E-state index contributed by atoms with van der Waals surface area (Å²) in [5, 5.41) is 7.70. The standard InChI is InChI=1S/C9H15N3O2/c1-4-6-7-8(9(13)14-3)10-11-12(7)5-2/h4-6H2,1-3H3. The van der Waals surface area contributed by atoms with Crippen molar-refractivity contribution < 1.29 is 9.53 Å². The first-order valence-electron chi connectivity index (χ1n) is 4.75. The molecule has 0 spiro atoms. The Labute approximate surface area is 83.1 Å². The van der Waals surface area contributed by atoms with Crippen molar-refractivity contribution in [1.29, 1.82) is 0 Å². The van der Waals surface area contributed by atoms with Gasteiger partial charge in [0, 0.05) is 6.54 Å². The highest BCUT2D eigenvalue weighted by Crippen LogP contribution is 2.09. The molecular formula is C9H15N3O2. The lowest BCUT2D eigenvalue weighted by atomic mass is 10.2. The molecule has 0 aromatic carbocycles. The Kier molecular flexibility index (Phi) is 3.62. The van der Waals surface area contributed by atoms with Crippen LogP contribution in [0.2, 0.25) is 0 Å². The monoisotopic (exact) mass is 197 g/mol. The van der Waals surface area contributed by atoms with Crippen molar-refractivity contribution in [2.24, 2.45) is 0 Å². The van der Waals surface area contributed by atoms with E-state index in [2.05, 4.69) is 15.0 Å². The Morgan fingerprint density at radius 2 is 2.21 bits per heavy atom. The van der Waals surface area contributed by atoms with Crippen molar-refractivity contribution in [3.05, 3.63) is 11.4 Å². The normalized spacial score (nSPS) is 10.2. The summed E-state index contributed by atoms with van der Waals surface area (Å²) in [5.74, 6) is -0.409. The minimum atomic E-state index is -0.409. The molecule has 5 nitrogen and oxygen atoms in total. The Morgan fingerprint density at radius 3 is 2.71 bits per heavy atom. The van der Waals surface area contributed by atoms with E-state index in [0.717, 1.165) is 25.1 Å². The molecule has 0 unspecified atom stereocenters. The summed E-state index contributed by atoms with van der Waals surface area (Å²) in [7, 11) is 1.35. The molecule has 5 heteroatoms. The second-order valence-corrected chi connectivity index (χ2v) is 2.94. The summed E-state index contributed by atoms with van der Waals surface area (Å²) in [6.07, 6.45) is 1.75. The Hall–Kier alpha value is -1.39. The summed E-state index contributed by atoms with van der Waals surface area (Å²) in [5.41, 5.74) is 1.21. The number of hydrogen-bond donors (Lipinski definition) is 0. The zero-order valence-corrected chi connectivity index (χ0v) is 8.78. The lowest BCUT2D eigenvalue weighted by Gasteiger charge is -2.02. The maximum atomic E-state index is 11.3. The van der Waals surface area contributed by atoms with E-state index < -0.39 is 5.97 Å². The van der Waals surface area contributed by atoms with E-state index in [-0.39, 0.29) is 0 Å². The number of carbonyl (C=O) groups is 1. The number of ether oxygens (including phenoxy) is 1. The van der Waals surface area contributed by atoms with E-state index in [4.69, 9.17) is 0 Å². The van der Waals surface area contributed by atoms with E-state index in [0.29, 0.717) is 5.69 Å². The molecule has 0 saturated heterocycles. The fourth-order valence-electron chi connectivity index (χ4n) is 1.33. The number of esters is 1. The minimum Gasteiger partial charge on any atom is -0.464 e. The van der Waals surface area contributed by atoms with Crippen LogP contribution in [0.15, 0.2) is 0 Å². The van der Waals surface area contributed by atoms with Crippen molar-refractivity contribution in [2.75, 3.05) is 7.11 Å². The Bertz CT molecular complexity index is 320. The van der Waals surface area contributed by atoms with Crippen molar-refractivity contribution in [1.82, 2.24) is 15.0 Å². The van der Waals surface area contributed by atoms with Gasteiger partial charge in [-0.1, -0.05) is 18.6 Å². The van der Waals surface area contributed by atoms with Crippen LogP contribution in [0.1, 0.15) is 36.5 Å². The number of rotatable bonds is 4. The molecule has 0 aliphatic rings. The van der Waals surface area contributed by atoms with Gasteiger partial charge in [-0.3, -0.25) is 0 Å². The third-order valence-electron chi connectivity index (χ3n) is 2.00. The van der Waals surface area contributed by atoms with E-state index in [9.17, 15) is 4.79 Å². The summed E-state index contributed by atoms with van der Waals surface area (Å²) < 4.78 is 6.36. The number of nitrogens with zero attached hydrogens (tertiary/aromatic N) is 3. The third-order valence-corrected chi connectivity index (χ3v) is 2.00. The van der Waals surface area contributed by atoms with Gasteiger partial charge < -0.3 is 4.74 Å². The maximum Gasteiger partial charge on any atom is 0.360 e. The van der Waals surface area contributed by atoms with Gasteiger partial charge in [-0.25, -0.2) is 9.48 Å². The average Bonchev–Trinajstić information content (AvgIpc) is 2.60. The summed E-state index contributed by atoms with van der Waals surface area (Å²) in [4.78, 5) is 11.3. The van der Waals surface area contributed by atoms with Crippen LogP contribution in [-0.2, 0) is 17.7 Å². The average molecular weight is 197 g/mol. The van der Waals surface area contributed by atoms with Crippen LogP contribution in [0.3, 0.4) is 0 Å². The fraction of sp³-hybridized carbons (Fsp3) is 0.667. The Morgan fingerprint density at radius 1 is 1.50 bits per heavy atom. The van der Waals surface area contributed by atoms with Gasteiger partial charge in [-0.2, -0.15) is 0 Å². The van der Waals surface area contributed by atoms with Crippen LogP contribution in [0, 0.1) is 0 Å². The largest absolute Gasteiger partial charge is 0.464 e. The second kappa shape index (κ2) is 4.74. The molecule has 0 fully saturated rings. The molecule has 0 saturated carbocycles. The van der Waals surface area contributed by atoms with Gasteiger partial charge in [-0.15, -0.1) is 5.10 Å². The summed E-state index contributed by atoms with van der Waals surface area (Å²) >= 11 is 0. The zero-order chi connectivity index (χ0) is 10.6. The van der Waals surface area contributed by atoms with Crippen molar-refractivity contribution in [2.45, 2.75) is 33.2 Å². The molecule has 0 radical (unpaired) electrons. The van der Waals surface area contributed by atoms with Crippen LogP contribution in [0.25, 0.3) is 0 Å². The highest BCUT2D eigenvalue weighted by atomic mass is 16.5. The molecule has 1 rings (SSSR count). The van der Waals surface area contributed by atoms with E-state index in [1.165, 1.54) is 7.11 Å². The lowest BCUT2D eigenvalue weighted by Crippen LogP contribution is -2.08. The zero-order valence-electron chi connectivity index (χ0n) is 8.78. The third kappa shape index (κ3) is 1.92. The van der Waals surface area contributed by atoms with Gasteiger partial charge in [0.2, 0.25) is 0 Å². The van der Waals surface area contributed by atoms with Gasteiger partial charge >= 0.3 is 5.97 Å². The highest BCUT2D eigenvalue weighted by molar-refractivity contribution is 5.88. The lowest BCUT2D eigenvalue weighted by molar-refractivity contribution is 0.0592. The minimum absolute atomic E-state index is 0.344. The van der Waals surface area contributed by atoms with Gasteiger partial charge in [0.25, 0.3) is 0 Å². The number of aromatic nitrogens is 3. The molecule has 0 atom stereocenters. The summed E-state index contributed by atoms with van der Waals surface area (Å²) in [6.45, 7) is 4.74. The predicted molar refractivity (Wildman–Crippen MR) is 51.0 cm³/mol. The van der Waals surface area contributed by atoms with E-state index in [1.807, 2.05) is 13.8 Å². The van der Waals surface area contributed by atoms with Crippen LogP contribution >= 0.6 is 0 Å². The van der Waals surface area contributed by atoms with Crippen molar-refractivity contribution in [3.8, 4) is 0 Å². The van der Waals surface area contributed by atoms with Gasteiger partial charge in [0.1, 0.15) is 0 Å². The predicted octanol–water partition coefficient (Wildman–Crippen LogP) is 1.04. The first-order valence-corrected chi connectivity index (χ1v) is 4.75. The molecule has 0 amide bonds. The van der Waals surface area contributed by atoms with Gasteiger partial charge in [0.05, 0.1) is 12.8 Å². The molecular weight excluding hydrogens is 182 g/mol. The SMILES string of the molecule is CCCc1c(C(=O)OC)nnn1CC. The van der Waals surface area contributed by atoms with Crippen LogP contribution in [0.4, 0.5) is 0 Å². The van der Waals surface area contributed by atoms with Crippen LogP contribution in [0.5, 0.6) is 0 Å². The van der Waals surface area contributed by atoms with Crippen LogP contribution < -0.4 is 0 Å². The van der Waals surface area contributed by atoms with Gasteiger partial charge in [-0.05, 0) is 13.3 Å². The number of hydrogen-bond acceptors (Lipinski definition) is 4. The first-order chi connectivity index (χ1) is 6.74. The topological polar surface area (TPSA) is 57.0 Å². The molecule has 0 N–H and O–H groups in total. The quantitative estimate of drug-likeness (QED) is 0.677. The fourth-order valence-corrected chi connectivity index (χ4v) is 1.33.